The van der Waals surface area contributed by atoms with E-state index in [2.05, 4.69) is 32.9 Å². The van der Waals surface area contributed by atoms with Crippen LogP contribution in [0.25, 0.3) is 38.7 Å². The number of nitrogens with two attached hydrogens (primary N) is 1. The lowest BCUT2D eigenvalue weighted by Crippen LogP contribution is -2.31. The number of rotatable bonds is 3. The molecular weight excluding hydrogens is 462 g/mol. The van der Waals surface area contributed by atoms with Crippen molar-refractivity contribution in [2.24, 2.45) is 5.73 Å². The molecule has 0 spiro atoms. The molecule has 186 valence electrons. The van der Waals surface area contributed by atoms with E-state index in [4.69, 9.17) is 15.7 Å². The summed E-state index contributed by atoms with van der Waals surface area (Å²) in [6.07, 6.45) is 3.81. The molecule has 7 nitrogen and oxygen atoms in total. The maximum absolute atomic E-state index is 14.2. The molecule has 2 amide bonds. The molecule has 0 aliphatic carbocycles. The smallest absolute Gasteiger partial charge is 0.256 e. The minimum absolute atomic E-state index is 0.0386. The molecule has 0 atom stereocenters. The first kappa shape index (κ1) is 23.2. The number of amides is 2. The maximum atomic E-state index is 14.2. The molecule has 1 aliphatic heterocycles. The Morgan fingerprint density at radius 1 is 0.919 bits per heavy atom. The Balaban J connectivity index is 1.71. The van der Waals surface area contributed by atoms with Gasteiger partial charge in [0.05, 0.1) is 27.8 Å². The highest BCUT2D eigenvalue weighted by Gasteiger charge is 2.33. The average molecular weight is 492 g/mol. The first-order valence-corrected chi connectivity index (χ1v) is 12.7. The summed E-state index contributed by atoms with van der Waals surface area (Å²) in [5, 5.41) is 1.74. The third-order valence-corrected chi connectivity index (χ3v) is 7.28. The number of aromatic nitrogens is 3. The normalized spacial score (nSPS) is 14.2. The van der Waals surface area contributed by atoms with E-state index in [0.29, 0.717) is 33.4 Å². The van der Waals surface area contributed by atoms with Crippen molar-refractivity contribution >= 4 is 39.1 Å². The number of nitrogens with zero attached hydrogens (tertiary/aromatic N) is 4. The van der Waals surface area contributed by atoms with Gasteiger partial charge < -0.3 is 10.6 Å². The molecule has 5 aromatic rings. The van der Waals surface area contributed by atoms with Gasteiger partial charge in [-0.1, -0.05) is 45.0 Å². The minimum atomic E-state index is -0.493. The molecule has 1 aliphatic rings. The summed E-state index contributed by atoms with van der Waals surface area (Å²) in [5.41, 5.74) is 11.1. The predicted octanol–water partition coefficient (Wildman–Crippen LogP) is 5.34. The lowest BCUT2D eigenvalue weighted by Gasteiger charge is -2.28. The molecule has 0 unspecified atom stereocenters. The summed E-state index contributed by atoms with van der Waals surface area (Å²) in [7, 11) is 0. The van der Waals surface area contributed by atoms with Gasteiger partial charge in [0.15, 0.2) is 0 Å². The van der Waals surface area contributed by atoms with Crippen LogP contribution in [0, 0.1) is 0 Å². The number of carbonyl (C=O) groups excluding carboxylic acids is 2. The Bertz CT molecular complexity index is 1720. The molecule has 6 rings (SSSR count). The summed E-state index contributed by atoms with van der Waals surface area (Å²) in [6, 6.07) is 17.2. The third kappa shape index (κ3) is 3.65. The Kier molecular flexibility index (Phi) is 5.26. The van der Waals surface area contributed by atoms with E-state index in [-0.39, 0.29) is 11.3 Å². The van der Waals surface area contributed by atoms with Crippen LogP contribution in [0.3, 0.4) is 0 Å². The van der Waals surface area contributed by atoms with Gasteiger partial charge in [-0.15, -0.1) is 0 Å². The molecule has 1 fully saturated rings. The quantitative estimate of drug-likeness (QED) is 0.369. The van der Waals surface area contributed by atoms with Crippen LogP contribution < -0.4 is 5.73 Å². The van der Waals surface area contributed by atoms with E-state index < -0.39 is 5.91 Å². The third-order valence-electron chi connectivity index (χ3n) is 7.28. The van der Waals surface area contributed by atoms with Crippen molar-refractivity contribution in [3.8, 4) is 11.4 Å². The van der Waals surface area contributed by atoms with Crippen molar-refractivity contribution in [3.63, 3.8) is 0 Å². The van der Waals surface area contributed by atoms with Crippen molar-refractivity contribution in [3.05, 3.63) is 77.6 Å². The molecule has 1 saturated heterocycles. The van der Waals surface area contributed by atoms with E-state index in [9.17, 15) is 9.59 Å². The zero-order chi connectivity index (χ0) is 25.9. The summed E-state index contributed by atoms with van der Waals surface area (Å²) in [4.78, 5) is 37.8. The number of benzene rings is 2. The summed E-state index contributed by atoms with van der Waals surface area (Å²) in [5.74, 6) is -0.455. The van der Waals surface area contributed by atoms with Crippen LogP contribution >= 0.6 is 0 Å². The van der Waals surface area contributed by atoms with E-state index in [1.165, 1.54) is 0 Å². The highest BCUT2D eigenvalue weighted by Crippen LogP contribution is 2.40. The number of likely N-dealkylation sites (tertiary alicyclic amines) is 1. The van der Waals surface area contributed by atoms with Crippen LogP contribution in [0.1, 0.15) is 59.9 Å². The number of para-hydroxylation sites is 1. The van der Waals surface area contributed by atoms with Gasteiger partial charge in [-0.05, 0) is 54.2 Å². The number of hydrogen-bond donors (Lipinski definition) is 1. The highest BCUT2D eigenvalue weighted by molar-refractivity contribution is 6.11. The standard InChI is InChI=1S/C30H29N5O2/c1-30(2,3)25-20-9-4-5-12-23(20)35-17-32-26(27(35)24(25)29(37)34-15-6-7-16-34)22-14-13-18-19(28(31)36)10-8-11-21(18)33-22/h4-5,8-14,17H,6-7,15-16H2,1-3H3,(H2,31,36). The molecule has 2 aromatic carbocycles. The minimum Gasteiger partial charge on any atom is -0.366 e. The number of hydrogen-bond acceptors (Lipinski definition) is 4. The Labute approximate surface area is 214 Å². The first-order chi connectivity index (χ1) is 17.8. The van der Waals surface area contributed by atoms with Crippen LogP contribution in [0.15, 0.2) is 60.9 Å². The van der Waals surface area contributed by atoms with E-state index >= 15 is 0 Å². The molecule has 37 heavy (non-hydrogen) atoms. The zero-order valence-electron chi connectivity index (χ0n) is 21.3. The summed E-state index contributed by atoms with van der Waals surface area (Å²) < 4.78 is 2.02. The number of pyridine rings is 2. The van der Waals surface area contributed by atoms with Crippen molar-refractivity contribution in [1.82, 2.24) is 19.3 Å². The van der Waals surface area contributed by atoms with Gasteiger partial charge in [0, 0.05) is 29.4 Å². The lowest BCUT2D eigenvalue weighted by atomic mass is 9.80. The first-order valence-electron chi connectivity index (χ1n) is 12.7. The van der Waals surface area contributed by atoms with Crippen LogP contribution in [-0.4, -0.2) is 44.2 Å². The van der Waals surface area contributed by atoms with Crippen LogP contribution in [0.2, 0.25) is 0 Å². The van der Waals surface area contributed by atoms with Crippen molar-refractivity contribution < 1.29 is 9.59 Å². The van der Waals surface area contributed by atoms with Crippen molar-refractivity contribution in [2.45, 2.75) is 39.0 Å². The van der Waals surface area contributed by atoms with E-state index in [1.807, 2.05) is 39.6 Å². The second-order valence-corrected chi connectivity index (χ2v) is 10.8. The number of primary amides is 1. The van der Waals surface area contributed by atoms with Gasteiger partial charge in [-0.25, -0.2) is 9.97 Å². The van der Waals surface area contributed by atoms with Gasteiger partial charge in [0.1, 0.15) is 12.0 Å². The SMILES string of the molecule is CC(C)(C)c1c(C(=O)N2CCCC2)c2c(-c3ccc4c(C(N)=O)cccc4n3)ncn2c2ccccc12. The monoisotopic (exact) mass is 491 g/mol. The van der Waals surface area contributed by atoms with E-state index in [1.54, 1.807) is 18.5 Å². The fraction of sp³-hybridized carbons (Fsp3) is 0.267. The highest BCUT2D eigenvalue weighted by atomic mass is 16.2. The Morgan fingerprint density at radius 3 is 2.41 bits per heavy atom. The lowest BCUT2D eigenvalue weighted by molar-refractivity contribution is 0.0792. The van der Waals surface area contributed by atoms with Crippen LogP contribution in [0.4, 0.5) is 0 Å². The number of imidazole rings is 1. The van der Waals surface area contributed by atoms with Gasteiger partial charge >= 0.3 is 0 Å². The largest absolute Gasteiger partial charge is 0.366 e. The fourth-order valence-corrected chi connectivity index (χ4v) is 5.67. The molecule has 7 heteroatoms. The maximum Gasteiger partial charge on any atom is 0.256 e. The van der Waals surface area contributed by atoms with Gasteiger partial charge in [0.2, 0.25) is 5.91 Å². The predicted molar refractivity (Wildman–Crippen MR) is 146 cm³/mol. The van der Waals surface area contributed by atoms with Crippen LogP contribution in [0.5, 0.6) is 0 Å². The average Bonchev–Trinajstić information content (AvgIpc) is 3.57. The van der Waals surface area contributed by atoms with Gasteiger partial charge in [-0.2, -0.15) is 0 Å². The topological polar surface area (TPSA) is 93.6 Å². The number of carbonyl (C=O) groups is 2. The molecule has 4 heterocycles. The zero-order valence-corrected chi connectivity index (χ0v) is 21.3. The van der Waals surface area contributed by atoms with E-state index in [0.717, 1.165) is 47.9 Å². The molecule has 2 N–H and O–H groups in total. The van der Waals surface area contributed by atoms with Gasteiger partial charge in [0.25, 0.3) is 5.91 Å². The van der Waals surface area contributed by atoms with Crippen molar-refractivity contribution in [1.29, 1.82) is 0 Å². The van der Waals surface area contributed by atoms with Crippen molar-refractivity contribution in [2.75, 3.05) is 13.1 Å². The summed E-state index contributed by atoms with van der Waals surface area (Å²) in [6.45, 7) is 7.98. The molecule has 0 saturated carbocycles. The Morgan fingerprint density at radius 2 is 1.68 bits per heavy atom. The molecule has 3 aromatic heterocycles. The number of fused-ring (bicyclic) bond motifs is 4. The molecular formula is C30H29N5O2. The second kappa shape index (κ2) is 8.40. The fourth-order valence-electron chi connectivity index (χ4n) is 5.67. The van der Waals surface area contributed by atoms with Gasteiger partial charge in [-0.3, -0.25) is 14.0 Å². The molecule has 0 bridgehead atoms. The summed E-state index contributed by atoms with van der Waals surface area (Å²) >= 11 is 0. The molecule has 0 radical (unpaired) electrons. The Hall–Kier alpha value is -4.26. The second-order valence-electron chi connectivity index (χ2n) is 10.8. The van der Waals surface area contributed by atoms with Crippen LogP contribution in [-0.2, 0) is 5.41 Å².